The second kappa shape index (κ2) is 14.6. The van der Waals surface area contributed by atoms with E-state index in [2.05, 4.69) is 119 Å². The largest absolute Gasteiger partial charge is 0.344 e. The zero-order chi connectivity index (χ0) is 35.7. The van der Waals surface area contributed by atoms with E-state index in [-0.39, 0.29) is 16.6 Å². The van der Waals surface area contributed by atoms with Crippen molar-refractivity contribution >= 4 is 38.3 Å². The van der Waals surface area contributed by atoms with Crippen LogP contribution in [0.2, 0.25) is 0 Å². The molecule has 2 heterocycles. The third-order valence-electron chi connectivity index (χ3n) is 10.6. The Labute approximate surface area is 296 Å². The van der Waals surface area contributed by atoms with Gasteiger partial charge in [-0.15, -0.1) is 0 Å². The van der Waals surface area contributed by atoms with Gasteiger partial charge in [-0.2, -0.15) is 13.0 Å². The summed E-state index contributed by atoms with van der Waals surface area (Å²) in [5.41, 5.74) is 13.5. The molecule has 2 N–H and O–H groups in total. The molecule has 264 valence electrons. The minimum atomic E-state index is -3.98. The second-order valence-corrected chi connectivity index (χ2v) is 17.6. The number of hydrogen-bond donors (Lipinski definition) is 2. The van der Waals surface area contributed by atoms with Gasteiger partial charge in [0.25, 0.3) is 10.1 Å². The van der Waals surface area contributed by atoms with Crippen LogP contribution in [-0.4, -0.2) is 56.6 Å². The maximum Gasteiger partial charge on any atom is 0.264 e. The zero-order valence-corrected chi connectivity index (χ0v) is 31.8. The molecular formula is C40H53N2O5S2+. The first kappa shape index (κ1) is 37.2. The lowest BCUT2D eigenvalue weighted by Gasteiger charge is -2.27. The van der Waals surface area contributed by atoms with Gasteiger partial charge in [-0.25, -0.2) is 4.21 Å². The normalized spacial score (nSPS) is 20.7. The molecular weight excluding hydrogens is 653 g/mol. The van der Waals surface area contributed by atoms with E-state index in [9.17, 15) is 21.7 Å². The molecule has 0 fully saturated rings. The molecule has 0 spiro atoms. The van der Waals surface area contributed by atoms with Crippen molar-refractivity contribution in [3.8, 4) is 0 Å². The van der Waals surface area contributed by atoms with Crippen molar-refractivity contribution in [3.63, 3.8) is 0 Å². The van der Waals surface area contributed by atoms with E-state index in [0.29, 0.717) is 31.6 Å². The van der Waals surface area contributed by atoms with Gasteiger partial charge in [0.05, 0.1) is 11.2 Å². The number of allylic oxidation sites excluding steroid dienone is 8. The minimum absolute atomic E-state index is 0.167. The molecule has 5 rings (SSSR count). The first-order chi connectivity index (χ1) is 23.0. The maximum absolute atomic E-state index is 11.3. The summed E-state index contributed by atoms with van der Waals surface area (Å²) in [5, 5.41) is 0. The number of fused-ring (bicyclic) bond motifs is 2. The van der Waals surface area contributed by atoms with Gasteiger partial charge in [-0.3, -0.25) is 4.55 Å². The van der Waals surface area contributed by atoms with Gasteiger partial charge in [-0.05, 0) is 107 Å². The van der Waals surface area contributed by atoms with E-state index < -0.39 is 21.2 Å². The van der Waals surface area contributed by atoms with Gasteiger partial charge in [0.1, 0.15) is 6.54 Å². The number of rotatable bonds is 13. The molecule has 2 aromatic carbocycles. The fourth-order valence-corrected chi connectivity index (χ4v) is 8.76. The van der Waals surface area contributed by atoms with Crippen molar-refractivity contribution < 1.29 is 26.3 Å². The van der Waals surface area contributed by atoms with Gasteiger partial charge in [0.15, 0.2) is 16.8 Å². The Morgan fingerprint density at radius 3 is 2.27 bits per heavy atom. The van der Waals surface area contributed by atoms with Crippen LogP contribution in [0.5, 0.6) is 0 Å². The summed E-state index contributed by atoms with van der Waals surface area (Å²) >= 11 is -1.77. The predicted octanol–water partition coefficient (Wildman–Crippen LogP) is 8.62. The Kier molecular flexibility index (Phi) is 11.1. The number of hydrogen-bond acceptors (Lipinski definition) is 4. The van der Waals surface area contributed by atoms with Gasteiger partial charge >= 0.3 is 0 Å². The van der Waals surface area contributed by atoms with Gasteiger partial charge in [-0.1, -0.05) is 55.3 Å². The Balaban J connectivity index is 1.43. The molecule has 2 aromatic rings. The molecule has 1 aliphatic carbocycles. The van der Waals surface area contributed by atoms with E-state index >= 15 is 0 Å². The fourth-order valence-electron chi connectivity index (χ4n) is 7.74. The third kappa shape index (κ3) is 8.11. The SMILES string of the molecule is CC1=C(/C=C/C2=[N+](CCCCS(=O)O)c3ccc(C)cc3C2(C)C)CC/C1=C\C=C1\N(CCCCS(=O)(=O)O)c2ccc(C)cc2C1(C)C. The Morgan fingerprint density at radius 1 is 0.878 bits per heavy atom. The molecule has 0 saturated carbocycles. The van der Waals surface area contributed by atoms with Crippen molar-refractivity contribution in [2.75, 3.05) is 29.5 Å². The third-order valence-corrected chi connectivity index (χ3v) is 12.0. The van der Waals surface area contributed by atoms with E-state index in [4.69, 9.17) is 0 Å². The van der Waals surface area contributed by atoms with Crippen LogP contribution in [0, 0.1) is 13.8 Å². The number of aryl methyl sites for hydroxylation is 2. The highest BCUT2D eigenvalue weighted by atomic mass is 32.2. The first-order valence-electron chi connectivity index (χ1n) is 17.5. The summed E-state index contributed by atoms with van der Waals surface area (Å²) < 4.78 is 54.9. The number of nitrogens with zero attached hydrogens (tertiary/aromatic N) is 2. The predicted molar refractivity (Wildman–Crippen MR) is 203 cm³/mol. The monoisotopic (exact) mass is 705 g/mol. The quantitative estimate of drug-likeness (QED) is 0.0938. The standard InChI is InChI=1S/C40H52N2O5S2/c1-28-12-18-35-33(26-28)39(4,5)37(41(35)22-8-10-24-48(43)44)20-16-31-14-15-32(30(31)3)17-21-38-40(6,7)34-27-29(2)13-19-36(34)42(38)23-9-11-25-49(45,46)47/h12-13,16-21,26-27H,8-11,14-15,22-25H2,1-7H3,(H-,43,44,45,46,47)/p+1. The summed E-state index contributed by atoms with van der Waals surface area (Å²) in [5.74, 6) is 0.0786. The van der Waals surface area contributed by atoms with Gasteiger partial charge in [0, 0.05) is 53.2 Å². The van der Waals surface area contributed by atoms with E-state index in [0.717, 1.165) is 31.5 Å². The highest BCUT2D eigenvalue weighted by Gasteiger charge is 2.44. The molecule has 0 saturated heterocycles. The zero-order valence-electron chi connectivity index (χ0n) is 30.2. The molecule has 1 unspecified atom stereocenters. The summed E-state index contributed by atoms with van der Waals surface area (Å²) in [6, 6.07) is 13.2. The smallest absolute Gasteiger partial charge is 0.264 e. The van der Waals surface area contributed by atoms with Crippen LogP contribution in [-0.2, 0) is 32.0 Å². The topological polar surface area (TPSA) is 97.9 Å². The molecule has 0 amide bonds. The first-order valence-corrected chi connectivity index (χ1v) is 20.4. The highest BCUT2D eigenvalue weighted by molar-refractivity contribution is 7.85. The van der Waals surface area contributed by atoms with Crippen molar-refractivity contribution in [1.82, 2.24) is 0 Å². The van der Waals surface area contributed by atoms with Gasteiger partial charge < -0.3 is 9.45 Å². The fraction of sp³-hybridized carbons (Fsp3) is 0.475. The van der Waals surface area contributed by atoms with Crippen molar-refractivity contribution in [2.45, 2.75) is 97.8 Å². The lowest BCUT2D eigenvalue weighted by Crippen LogP contribution is -2.28. The summed E-state index contributed by atoms with van der Waals surface area (Å²) in [4.78, 5) is 2.33. The summed E-state index contributed by atoms with van der Waals surface area (Å²) in [6.45, 7) is 17.0. The van der Waals surface area contributed by atoms with Crippen LogP contribution < -0.4 is 4.90 Å². The van der Waals surface area contributed by atoms with E-state index in [1.807, 2.05) is 0 Å². The molecule has 0 aromatic heterocycles. The maximum atomic E-state index is 11.3. The Bertz CT molecular complexity index is 1910. The van der Waals surface area contributed by atoms with E-state index in [1.165, 1.54) is 56.1 Å². The van der Waals surface area contributed by atoms with Crippen LogP contribution in [0.15, 0.2) is 83.1 Å². The molecule has 2 aliphatic heterocycles. The second-order valence-electron chi connectivity index (χ2n) is 14.9. The Hall–Kier alpha value is -3.11. The molecule has 7 nitrogen and oxygen atoms in total. The van der Waals surface area contributed by atoms with E-state index in [1.54, 1.807) is 0 Å². The van der Waals surface area contributed by atoms with Crippen molar-refractivity contribution in [1.29, 1.82) is 0 Å². The molecule has 0 bridgehead atoms. The number of anilines is 1. The minimum Gasteiger partial charge on any atom is -0.344 e. The summed E-state index contributed by atoms with van der Waals surface area (Å²) in [6.07, 6.45) is 13.7. The van der Waals surface area contributed by atoms with Crippen LogP contribution in [0.25, 0.3) is 0 Å². The van der Waals surface area contributed by atoms with Crippen LogP contribution in [0.1, 0.15) is 95.4 Å². The van der Waals surface area contributed by atoms with Crippen molar-refractivity contribution in [3.05, 3.63) is 105 Å². The van der Waals surface area contributed by atoms with Crippen LogP contribution in [0.4, 0.5) is 11.4 Å². The van der Waals surface area contributed by atoms with Crippen molar-refractivity contribution in [2.24, 2.45) is 0 Å². The Morgan fingerprint density at radius 2 is 1.57 bits per heavy atom. The number of benzene rings is 2. The lowest BCUT2D eigenvalue weighted by atomic mass is 9.80. The lowest BCUT2D eigenvalue weighted by molar-refractivity contribution is -0.438. The molecule has 0 radical (unpaired) electrons. The molecule has 49 heavy (non-hydrogen) atoms. The molecule has 3 aliphatic rings. The van der Waals surface area contributed by atoms with Crippen LogP contribution in [0.3, 0.4) is 0 Å². The highest BCUT2D eigenvalue weighted by Crippen LogP contribution is 2.48. The van der Waals surface area contributed by atoms with Gasteiger partial charge in [0.2, 0.25) is 5.69 Å². The van der Waals surface area contributed by atoms with Crippen LogP contribution >= 0.6 is 0 Å². The molecule has 9 heteroatoms. The number of unbranched alkanes of at least 4 members (excludes halogenated alkanes) is 2. The average molecular weight is 706 g/mol. The molecule has 1 atom stereocenters. The summed E-state index contributed by atoms with van der Waals surface area (Å²) in [7, 11) is -3.98. The average Bonchev–Trinajstić information content (AvgIpc) is 3.54.